The van der Waals surface area contributed by atoms with Crippen LogP contribution in [0.5, 0.6) is 0 Å². The maximum atomic E-state index is 11.8. The van der Waals surface area contributed by atoms with Crippen LogP contribution in [0.2, 0.25) is 0 Å². The number of aromatic nitrogens is 2. The average Bonchev–Trinajstić information content (AvgIpc) is 2.87. The van der Waals surface area contributed by atoms with E-state index in [1.807, 2.05) is 22.9 Å². The molecule has 1 aromatic heterocycles. The molecule has 0 radical (unpaired) electrons. The zero-order chi connectivity index (χ0) is 11.8. The molecular formula is C13H11BrN2O. The summed E-state index contributed by atoms with van der Waals surface area (Å²) in [6.45, 7) is 0. The molecule has 3 nitrogen and oxygen atoms in total. The van der Waals surface area contributed by atoms with Crippen LogP contribution in [0.25, 0.3) is 5.69 Å². The molecule has 0 saturated carbocycles. The molecule has 1 aliphatic rings. The van der Waals surface area contributed by atoms with Crippen LogP contribution in [0.15, 0.2) is 36.9 Å². The molecule has 3 rings (SSSR count). The number of imidazole rings is 1. The first kappa shape index (κ1) is 10.7. The van der Waals surface area contributed by atoms with Crippen molar-refractivity contribution in [2.75, 3.05) is 0 Å². The van der Waals surface area contributed by atoms with Gasteiger partial charge in [-0.05, 0) is 30.2 Å². The molecular weight excluding hydrogens is 280 g/mol. The minimum atomic E-state index is 0.243. The molecule has 4 heteroatoms. The van der Waals surface area contributed by atoms with Gasteiger partial charge >= 0.3 is 0 Å². The zero-order valence-electron chi connectivity index (χ0n) is 9.14. The minimum absolute atomic E-state index is 0.243. The highest BCUT2D eigenvalue weighted by Gasteiger charge is 2.23. The standard InChI is InChI=1S/C13H11BrN2O/c14-12-3-4-13(17)10-2-1-9(7-11(10)12)16-6-5-15-8-16/h1-2,5-8,12H,3-4H2. The summed E-state index contributed by atoms with van der Waals surface area (Å²) in [5.74, 6) is 0.243. The SMILES string of the molecule is O=C1CCC(Br)c2cc(-n3ccnc3)ccc21. The van der Waals surface area contributed by atoms with Crippen molar-refractivity contribution in [2.24, 2.45) is 0 Å². The van der Waals surface area contributed by atoms with Gasteiger partial charge in [-0.1, -0.05) is 15.9 Å². The van der Waals surface area contributed by atoms with Gasteiger partial charge in [-0.3, -0.25) is 4.79 Å². The molecule has 86 valence electrons. The highest BCUT2D eigenvalue weighted by Crippen LogP contribution is 2.36. The largest absolute Gasteiger partial charge is 0.306 e. The van der Waals surface area contributed by atoms with Crippen LogP contribution in [-0.4, -0.2) is 15.3 Å². The highest BCUT2D eigenvalue weighted by molar-refractivity contribution is 9.09. The van der Waals surface area contributed by atoms with Crippen molar-refractivity contribution in [3.8, 4) is 5.69 Å². The van der Waals surface area contributed by atoms with Crippen molar-refractivity contribution in [3.05, 3.63) is 48.0 Å². The van der Waals surface area contributed by atoms with Gasteiger partial charge in [0.05, 0.1) is 6.33 Å². The monoisotopic (exact) mass is 290 g/mol. The van der Waals surface area contributed by atoms with Crippen LogP contribution in [-0.2, 0) is 0 Å². The molecule has 0 N–H and O–H groups in total. The van der Waals surface area contributed by atoms with E-state index in [2.05, 4.69) is 27.0 Å². The Morgan fingerprint density at radius 3 is 3.06 bits per heavy atom. The number of carbonyl (C=O) groups excluding carboxylic acids is 1. The van der Waals surface area contributed by atoms with E-state index in [0.29, 0.717) is 6.42 Å². The normalized spacial score (nSPS) is 19.1. The zero-order valence-corrected chi connectivity index (χ0v) is 10.7. The molecule has 1 atom stereocenters. The van der Waals surface area contributed by atoms with Crippen molar-refractivity contribution in [1.29, 1.82) is 0 Å². The first-order chi connectivity index (χ1) is 8.25. The van der Waals surface area contributed by atoms with Crippen molar-refractivity contribution in [2.45, 2.75) is 17.7 Å². The number of alkyl halides is 1. The third kappa shape index (κ3) is 1.82. The smallest absolute Gasteiger partial charge is 0.163 e. The van der Waals surface area contributed by atoms with E-state index in [4.69, 9.17) is 0 Å². The fourth-order valence-corrected chi connectivity index (χ4v) is 2.79. The topological polar surface area (TPSA) is 34.9 Å². The van der Waals surface area contributed by atoms with Gasteiger partial charge in [0.1, 0.15) is 0 Å². The van der Waals surface area contributed by atoms with Crippen LogP contribution in [0.3, 0.4) is 0 Å². The molecule has 1 unspecified atom stereocenters. The minimum Gasteiger partial charge on any atom is -0.306 e. The fraction of sp³-hybridized carbons (Fsp3) is 0.231. The molecule has 1 heterocycles. The molecule has 1 aliphatic carbocycles. The van der Waals surface area contributed by atoms with E-state index in [1.165, 1.54) is 0 Å². The van der Waals surface area contributed by atoms with E-state index in [1.54, 1.807) is 12.5 Å². The van der Waals surface area contributed by atoms with Crippen LogP contribution in [0.1, 0.15) is 33.6 Å². The highest BCUT2D eigenvalue weighted by atomic mass is 79.9. The van der Waals surface area contributed by atoms with Gasteiger partial charge < -0.3 is 4.57 Å². The Morgan fingerprint density at radius 1 is 1.41 bits per heavy atom. The predicted octanol–water partition coefficient (Wildman–Crippen LogP) is 3.28. The summed E-state index contributed by atoms with van der Waals surface area (Å²) in [5.41, 5.74) is 2.98. The molecule has 1 aromatic carbocycles. The number of benzene rings is 1. The van der Waals surface area contributed by atoms with Crippen molar-refractivity contribution >= 4 is 21.7 Å². The third-order valence-electron chi connectivity index (χ3n) is 3.10. The Morgan fingerprint density at radius 2 is 2.29 bits per heavy atom. The third-order valence-corrected chi connectivity index (χ3v) is 4.05. The second-order valence-electron chi connectivity index (χ2n) is 4.17. The van der Waals surface area contributed by atoms with Crippen molar-refractivity contribution < 1.29 is 4.79 Å². The summed E-state index contributed by atoms with van der Waals surface area (Å²) in [6.07, 6.45) is 6.91. The molecule has 17 heavy (non-hydrogen) atoms. The number of nitrogens with zero attached hydrogens (tertiary/aromatic N) is 2. The lowest BCUT2D eigenvalue weighted by Crippen LogP contribution is -2.12. The second-order valence-corrected chi connectivity index (χ2v) is 5.28. The maximum absolute atomic E-state index is 11.8. The maximum Gasteiger partial charge on any atom is 0.163 e. The molecule has 0 saturated heterocycles. The van der Waals surface area contributed by atoms with E-state index in [-0.39, 0.29) is 10.6 Å². The molecule has 0 spiro atoms. The number of fused-ring (bicyclic) bond motifs is 1. The van der Waals surface area contributed by atoms with Gasteiger partial charge in [0, 0.05) is 34.9 Å². The van der Waals surface area contributed by atoms with Gasteiger partial charge in [-0.15, -0.1) is 0 Å². The first-order valence-electron chi connectivity index (χ1n) is 5.55. The van der Waals surface area contributed by atoms with Gasteiger partial charge in [0.15, 0.2) is 5.78 Å². The number of hydrogen-bond donors (Lipinski definition) is 0. The van der Waals surface area contributed by atoms with Crippen LogP contribution in [0.4, 0.5) is 0 Å². The number of ketones is 1. The van der Waals surface area contributed by atoms with Crippen LogP contribution < -0.4 is 0 Å². The average molecular weight is 291 g/mol. The summed E-state index contributed by atoms with van der Waals surface area (Å²) in [4.78, 5) is 16.1. The molecule has 0 amide bonds. The molecule has 2 aromatic rings. The van der Waals surface area contributed by atoms with Crippen molar-refractivity contribution in [1.82, 2.24) is 9.55 Å². The Balaban J connectivity index is 2.12. The van der Waals surface area contributed by atoms with Gasteiger partial charge in [-0.25, -0.2) is 4.98 Å². The van der Waals surface area contributed by atoms with E-state index in [0.717, 1.165) is 23.2 Å². The van der Waals surface area contributed by atoms with E-state index >= 15 is 0 Å². The van der Waals surface area contributed by atoms with Crippen LogP contribution in [0, 0.1) is 0 Å². The lowest BCUT2D eigenvalue weighted by atomic mass is 9.90. The summed E-state index contributed by atoms with van der Waals surface area (Å²) in [6, 6.07) is 5.94. The number of Topliss-reactive ketones (excluding diaryl/α,β-unsaturated/α-hetero) is 1. The fourth-order valence-electron chi connectivity index (χ4n) is 2.18. The van der Waals surface area contributed by atoms with Crippen LogP contribution >= 0.6 is 15.9 Å². The van der Waals surface area contributed by atoms with Gasteiger partial charge in [-0.2, -0.15) is 0 Å². The van der Waals surface area contributed by atoms with Crippen molar-refractivity contribution in [3.63, 3.8) is 0 Å². The lowest BCUT2D eigenvalue weighted by Gasteiger charge is -2.20. The molecule has 0 aliphatic heterocycles. The number of carbonyl (C=O) groups is 1. The Kier molecular flexibility index (Phi) is 2.59. The van der Waals surface area contributed by atoms with E-state index in [9.17, 15) is 4.79 Å². The van der Waals surface area contributed by atoms with Gasteiger partial charge in [0.25, 0.3) is 0 Å². The summed E-state index contributed by atoms with van der Waals surface area (Å²) in [5, 5.41) is 0. The van der Waals surface area contributed by atoms with E-state index < -0.39 is 0 Å². The molecule has 0 bridgehead atoms. The summed E-state index contributed by atoms with van der Waals surface area (Å²) in [7, 11) is 0. The number of halogens is 1. The molecule has 0 fully saturated rings. The number of hydrogen-bond acceptors (Lipinski definition) is 2. The lowest BCUT2D eigenvalue weighted by molar-refractivity contribution is 0.0972. The summed E-state index contributed by atoms with van der Waals surface area (Å²) >= 11 is 3.63. The predicted molar refractivity (Wildman–Crippen MR) is 68.8 cm³/mol. The van der Waals surface area contributed by atoms with Gasteiger partial charge in [0.2, 0.25) is 0 Å². The Labute approximate surface area is 108 Å². The Hall–Kier alpha value is -1.42. The number of rotatable bonds is 1. The first-order valence-corrected chi connectivity index (χ1v) is 6.47. The quantitative estimate of drug-likeness (QED) is 0.756. The Bertz CT molecular complexity index is 563. The second kappa shape index (κ2) is 4.11. The summed E-state index contributed by atoms with van der Waals surface area (Å²) < 4.78 is 1.94.